The van der Waals surface area contributed by atoms with Crippen LogP contribution in [0.15, 0.2) is 24.3 Å². The van der Waals surface area contributed by atoms with E-state index in [0.29, 0.717) is 0 Å². The zero-order valence-corrected chi connectivity index (χ0v) is 13.7. The van der Waals surface area contributed by atoms with Crippen LogP contribution in [0.4, 0.5) is 0 Å². The average Bonchev–Trinajstić information content (AvgIpc) is 2.94. The summed E-state index contributed by atoms with van der Waals surface area (Å²) in [6, 6.07) is 8.81. The van der Waals surface area contributed by atoms with E-state index in [-0.39, 0.29) is 30.1 Å². The van der Waals surface area contributed by atoms with Gasteiger partial charge in [-0.25, -0.2) is 0 Å². The molecule has 6 nitrogen and oxygen atoms in total. The number of hydrogen-bond acceptors (Lipinski definition) is 6. The number of hydrogen-bond donors (Lipinski definition) is 5. The highest BCUT2D eigenvalue weighted by Crippen LogP contribution is 2.20. The molecule has 3 rings (SSSR count). The number of benzene rings is 1. The molecular formula is C15H24ClN5O. The molecule has 5 N–H and O–H groups in total. The Morgan fingerprint density at radius 2 is 2.05 bits per heavy atom. The zero-order chi connectivity index (χ0) is 15.5. The van der Waals surface area contributed by atoms with E-state index in [1.54, 1.807) is 0 Å². The number of hydroxylamine groups is 1. The Kier molecular flexibility index (Phi) is 5.30. The smallest absolute Gasteiger partial charge is 0.128 e. The highest BCUT2D eigenvalue weighted by molar-refractivity contribution is 6.20. The lowest BCUT2D eigenvalue weighted by molar-refractivity contribution is 0.0329. The Labute approximate surface area is 136 Å². The highest BCUT2D eigenvalue weighted by atomic mass is 35.5. The van der Waals surface area contributed by atoms with E-state index < -0.39 is 0 Å². The monoisotopic (exact) mass is 325 g/mol. The summed E-state index contributed by atoms with van der Waals surface area (Å²) >= 11 is 6.13. The van der Waals surface area contributed by atoms with E-state index in [9.17, 15) is 0 Å². The van der Waals surface area contributed by atoms with Gasteiger partial charge in [-0.3, -0.25) is 26.1 Å². The quantitative estimate of drug-likeness (QED) is 0.424. The molecule has 0 bridgehead atoms. The van der Waals surface area contributed by atoms with Gasteiger partial charge < -0.3 is 0 Å². The molecule has 5 atom stereocenters. The van der Waals surface area contributed by atoms with Gasteiger partial charge in [0, 0.05) is 19.1 Å². The molecule has 0 aromatic heterocycles. The maximum absolute atomic E-state index is 6.13. The van der Waals surface area contributed by atoms with Gasteiger partial charge in [-0.2, -0.15) is 5.48 Å². The van der Waals surface area contributed by atoms with Crippen molar-refractivity contribution in [1.29, 1.82) is 0 Å². The Balaban J connectivity index is 1.57. The normalized spacial score (nSPS) is 33.8. The molecule has 2 aliphatic rings. The van der Waals surface area contributed by atoms with Gasteiger partial charge in [0.1, 0.15) is 12.4 Å². The minimum absolute atomic E-state index is 0.0230. The third-order valence-corrected chi connectivity index (χ3v) is 4.43. The van der Waals surface area contributed by atoms with E-state index >= 15 is 0 Å². The van der Waals surface area contributed by atoms with Crippen LogP contribution < -0.4 is 26.7 Å². The summed E-state index contributed by atoms with van der Waals surface area (Å²) in [6.07, 6.45) is 1.16. The Hall–Kier alpha value is -0.730. The maximum atomic E-state index is 6.13. The van der Waals surface area contributed by atoms with E-state index in [2.05, 4.69) is 57.9 Å². The molecular weight excluding hydrogens is 302 g/mol. The fourth-order valence-electron chi connectivity index (χ4n) is 2.81. The maximum Gasteiger partial charge on any atom is 0.128 e. The highest BCUT2D eigenvalue weighted by Gasteiger charge is 2.23. The summed E-state index contributed by atoms with van der Waals surface area (Å²) in [5.41, 5.74) is 5.43. The predicted molar refractivity (Wildman–Crippen MR) is 86.7 cm³/mol. The molecule has 2 heterocycles. The van der Waals surface area contributed by atoms with Crippen LogP contribution in [0.2, 0.25) is 0 Å². The molecule has 1 aromatic carbocycles. The van der Waals surface area contributed by atoms with Crippen molar-refractivity contribution in [3.05, 3.63) is 35.4 Å². The van der Waals surface area contributed by atoms with Crippen molar-refractivity contribution >= 4 is 11.6 Å². The summed E-state index contributed by atoms with van der Waals surface area (Å²) in [6.45, 7) is 4.87. The largest absolute Gasteiger partial charge is 0.295 e. The number of rotatable bonds is 4. The van der Waals surface area contributed by atoms with Crippen molar-refractivity contribution in [1.82, 2.24) is 26.7 Å². The van der Waals surface area contributed by atoms with E-state index in [4.69, 9.17) is 16.4 Å². The summed E-state index contributed by atoms with van der Waals surface area (Å²) in [4.78, 5) is 5.31. The van der Waals surface area contributed by atoms with Crippen LogP contribution >= 0.6 is 11.6 Å². The second-order valence-electron chi connectivity index (χ2n) is 5.87. The molecule has 5 unspecified atom stereocenters. The summed E-state index contributed by atoms with van der Waals surface area (Å²) < 4.78 is 0. The third kappa shape index (κ3) is 3.97. The van der Waals surface area contributed by atoms with Gasteiger partial charge in [-0.15, -0.1) is 11.6 Å². The molecule has 0 amide bonds. The molecule has 0 aliphatic carbocycles. The summed E-state index contributed by atoms with van der Waals surface area (Å²) in [5, 5.41) is 13.4. The second kappa shape index (κ2) is 7.23. The SMILES string of the molecule is CC1NC(c2ccc(C(C)NC3CC(Cl)NCN3)cc2)NO1. The van der Waals surface area contributed by atoms with E-state index in [0.717, 1.165) is 13.1 Å². The fourth-order valence-corrected chi connectivity index (χ4v) is 3.06. The molecule has 0 saturated carbocycles. The molecule has 2 fully saturated rings. The van der Waals surface area contributed by atoms with Crippen LogP contribution in [0.25, 0.3) is 0 Å². The van der Waals surface area contributed by atoms with Gasteiger partial charge in [0.25, 0.3) is 0 Å². The average molecular weight is 326 g/mol. The standard InChI is InChI=1S/C15H24ClN5O/c1-9(19-14-7-13(16)17-8-18-14)11-3-5-12(6-4-11)15-20-10(2)22-21-15/h3-6,9-10,13-15,17-21H,7-8H2,1-2H3. The van der Waals surface area contributed by atoms with Crippen molar-refractivity contribution in [2.45, 2.75) is 50.4 Å². The van der Waals surface area contributed by atoms with Crippen molar-refractivity contribution < 1.29 is 4.84 Å². The minimum atomic E-state index is 0.0230. The van der Waals surface area contributed by atoms with E-state index in [1.807, 2.05) is 6.92 Å². The molecule has 1 aromatic rings. The Bertz CT molecular complexity index is 485. The van der Waals surface area contributed by atoms with Crippen molar-refractivity contribution in [3.8, 4) is 0 Å². The molecule has 22 heavy (non-hydrogen) atoms. The van der Waals surface area contributed by atoms with Gasteiger partial charge in [0.05, 0.1) is 11.7 Å². The lowest BCUT2D eigenvalue weighted by Crippen LogP contribution is -2.55. The second-order valence-corrected chi connectivity index (χ2v) is 6.40. The first-order valence-electron chi connectivity index (χ1n) is 7.76. The van der Waals surface area contributed by atoms with Crippen LogP contribution in [0, 0.1) is 0 Å². The van der Waals surface area contributed by atoms with Gasteiger partial charge in [0.15, 0.2) is 0 Å². The van der Waals surface area contributed by atoms with Crippen LogP contribution in [0.5, 0.6) is 0 Å². The van der Waals surface area contributed by atoms with Crippen LogP contribution in [0.1, 0.15) is 43.6 Å². The molecule has 2 aliphatic heterocycles. The first-order chi connectivity index (χ1) is 10.6. The van der Waals surface area contributed by atoms with Gasteiger partial charge >= 0.3 is 0 Å². The van der Waals surface area contributed by atoms with Gasteiger partial charge in [-0.1, -0.05) is 24.3 Å². The summed E-state index contributed by atoms with van der Waals surface area (Å²) in [7, 11) is 0. The Morgan fingerprint density at radius 1 is 1.27 bits per heavy atom. The lowest BCUT2D eigenvalue weighted by Gasteiger charge is -2.31. The first-order valence-corrected chi connectivity index (χ1v) is 8.19. The van der Waals surface area contributed by atoms with Crippen molar-refractivity contribution in [3.63, 3.8) is 0 Å². The van der Waals surface area contributed by atoms with Crippen LogP contribution in [-0.2, 0) is 4.84 Å². The van der Waals surface area contributed by atoms with Gasteiger partial charge in [0.2, 0.25) is 0 Å². The van der Waals surface area contributed by atoms with Crippen LogP contribution in [-0.4, -0.2) is 24.6 Å². The third-order valence-electron chi connectivity index (χ3n) is 4.10. The van der Waals surface area contributed by atoms with Crippen molar-refractivity contribution in [2.24, 2.45) is 0 Å². The van der Waals surface area contributed by atoms with Crippen molar-refractivity contribution in [2.75, 3.05) is 6.67 Å². The fraction of sp³-hybridized carbons (Fsp3) is 0.600. The van der Waals surface area contributed by atoms with E-state index in [1.165, 1.54) is 11.1 Å². The molecule has 2 saturated heterocycles. The molecule has 0 spiro atoms. The number of halogens is 1. The molecule has 7 heteroatoms. The lowest BCUT2D eigenvalue weighted by atomic mass is 10.0. The number of nitrogens with one attached hydrogen (secondary N) is 5. The number of alkyl halides is 1. The topological polar surface area (TPSA) is 69.4 Å². The molecule has 122 valence electrons. The van der Waals surface area contributed by atoms with Crippen LogP contribution in [0.3, 0.4) is 0 Å². The zero-order valence-electron chi connectivity index (χ0n) is 12.9. The molecule has 0 radical (unpaired) electrons. The Morgan fingerprint density at radius 3 is 2.68 bits per heavy atom. The first kappa shape index (κ1) is 16.1. The predicted octanol–water partition coefficient (Wildman–Crippen LogP) is 1.24. The minimum Gasteiger partial charge on any atom is -0.295 e. The summed E-state index contributed by atoms with van der Waals surface area (Å²) in [5.74, 6) is 0. The van der Waals surface area contributed by atoms with Gasteiger partial charge in [-0.05, 0) is 25.0 Å².